The first-order valence-electron chi connectivity index (χ1n) is 9.41. The first kappa shape index (κ1) is 22.8. The number of anilines is 1. The summed E-state index contributed by atoms with van der Waals surface area (Å²) in [5, 5.41) is 6.44. The minimum Gasteiger partial charge on any atom is -0.384 e. The fourth-order valence-electron chi connectivity index (χ4n) is 3.14. The van der Waals surface area contributed by atoms with Gasteiger partial charge in [-0.3, -0.25) is 4.79 Å². The molecule has 0 saturated carbocycles. The summed E-state index contributed by atoms with van der Waals surface area (Å²) in [7, 11) is -2.12. The predicted octanol–water partition coefficient (Wildman–Crippen LogP) is 2.55. The highest BCUT2D eigenvalue weighted by molar-refractivity contribution is 7.93. The molecule has 1 N–H and O–H groups in total. The van der Waals surface area contributed by atoms with Gasteiger partial charge >= 0.3 is 0 Å². The Labute approximate surface area is 167 Å². The van der Waals surface area contributed by atoms with E-state index in [1.807, 2.05) is 20.8 Å². The van der Waals surface area contributed by atoms with Gasteiger partial charge in [0.1, 0.15) is 10.5 Å². The third-order valence-corrected chi connectivity index (χ3v) is 8.30. The molecular weight excluding hydrogens is 384 g/mol. The van der Waals surface area contributed by atoms with Gasteiger partial charge in [-0.15, -0.1) is 0 Å². The molecule has 9 heteroatoms. The fraction of sp³-hybridized carbons (Fsp3) is 0.789. The Kier molecular flexibility index (Phi) is 6.62. The summed E-state index contributed by atoms with van der Waals surface area (Å²) >= 11 is 0. The maximum absolute atomic E-state index is 13.0. The van der Waals surface area contributed by atoms with Crippen LogP contribution in [0.1, 0.15) is 53.2 Å². The molecule has 0 aliphatic carbocycles. The molecule has 0 bridgehead atoms. The number of rotatable bonds is 8. The van der Waals surface area contributed by atoms with Gasteiger partial charge in [0.25, 0.3) is 0 Å². The summed E-state index contributed by atoms with van der Waals surface area (Å²) in [6.07, 6.45) is 1.32. The van der Waals surface area contributed by atoms with Crippen molar-refractivity contribution in [2.45, 2.75) is 57.6 Å². The number of carbonyl (C=O) groups excluding carboxylic acids is 1. The van der Waals surface area contributed by atoms with E-state index in [2.05, 4.69) is 10.5 Å². The van der Waals surface area contributed by atoms with Gasteiger partial charge in [0.15, 0.2) is 15.7 Å². The van der Waals surface area contributed by atoms with Crippen molar-refractivity contribution in [1.82, 2.24) is 5.16 Å². The molecule has 8 nitrogen and oxygen atoms in total. The normalized spacial score (nSPS) is 18.1. The van der Waals surface area contributed by atoms with Crippen LogP contribution in [0, 0.1) is 5.41 Å². The van der Waals surface area contributed by atoms with Crippen molar-refractivity contribution in [3.05, 3.63) is 11.8 Å². The molecule has 1 aromatic heterocycles. The molecule has 1 aliphatic rings. The number of ether oxygens (including phenoxy) is 2. The van der Waals surface area contributed by atoms with Crippen molar-refractivity contribution in [3.8, 4) is 0 Å². The van der Waals surface area contributed by atoms with E-state index in [9.17, 15) is 13.2 Å². The lowest BCUT2D eigenvalue weighted by Gasteiger charge is -2.35. The molecular formula is C19H32N2O6S. The van der Waals surface area contributed by atoms with Crippen LogP contribution < -0.4 is 5.32 Å². The Hall–Kier alpha value is -1.45. The fourth-order valence-corrected chi connectivity index (χ4v) is 5.04. The Bertz CT molecular complexity index is 791. The summed E-state index contributed by atoms with van der Waals surface area (Å²) in [6, 6.07) is 1.60. The largest absolute Gasteiger partial charge is 0.384 e. The molecule has 0 atom stereocenters. The number of sulfone groups is 1. The van der Waals surface area contributed by atoms with Crippen LogP contribution in [0.2, 0.25) is 0 Å². The van der Waals surface area contributed by atoms with E-state index in [0.29, 0.717) is 38.4 Å². The van der Waals surface area contributed by atoms with Crippen LogP contribution in [-0.4, -0.2) is 56.9 Å². The van der Waals surface area contributed by atoms with Crippen molar-refractivity contribution < 1.29 is 27.2 Å². The molecule has 0 aromatic carbocycles. The monoisotopic (exact) mass is 416 g/mol. The van der Waals surface area contributed by atoms with E-state index < -0.39 is 25.9 Å². The van der Waals surface area contributed by atoms with Crippen LogP contribution in [0.25, 0.3) is 0 Å². The van der Waals surface area contributed by atoms with Crippen molar-refractivity contribution in [2.24, 2.45) is 5.41 Å². The lowest BCUT2D eigenvalue weighted by Crippen LogP contribution is -2.49. The number of carbonyl (C=O) groups is 1. The smallest absolute Gasteiger partial charge is 0.246 e. The van der Waals surface area contributed by atoms with E-state index in [1.54, 1.807) is 13.2 Å². The van der Waals surface area contributed by atoms with Gasteiger partial charge in [0.05, 0.1) is 12.4 Å². The number of hydrogen-bond acceptors (Lipinski definition) is 7. The summed E-state index contributed by atoms with van der Waals surface area (Å²) in [5.41, 5.74) is -0.816. The highest BCUT2D eigenvalue weighted by Gasteiger charge is 2.46. The van der Waals surface area contributed by atoms with E-state index in [1.165, 1.54) is 13.8 Å². The second-order valence-corrected chi connectivity index (χ2v) is 11.6. The second kappa shape index (κ2) is 8.12. The number of aromatic nitrogens is 1. The summed E-state index contributed by atoms with van der Waals surface area (Å²) in [5.74, 6) is 0.0339. The van der Waals surface area contributed by atoms with Crippen molar-refractivity contribution in [2.75, 3.05) is 38.0 Å². The van der Waals surface area contributed by atoms with Crippen molar-refractivity contribution >= 4 is 21.6 Å². The molecule has 2 heterocycles. The Morgan fingerprint density at radius 3 is 2.46 bits per heavy atom. The molecule has 1 fully saturated rings. The van der Waals surface area contributed by atoms with E-state index >= 15 is 0 Å². The number of methoxy groups -OCH3 is 1. The van der Waals surface area contributed by atoms with Gasteiger partial charge in [-0.2, -0.15) is 0 Å². The van der Waals surface area contributed by atoms with Crippen LogP contribution in [0.15, 0.2) is 10.6 Å². The van der Waals surface area contributed by atoms with Gasteiger partial charge in [-0.05, 0) is 32.1 Å². The number of nitrogens with one attached hydrogen (secondary N) is 1. The lowest BCUT2D eigenvalue weighted by molar-refractivity contribution is -0.117. The van der Waals surface area contributed by atoms with Crippen LogP contribution in [0.3, 0.4) is 0 Å². The Morgan fingerprint density at radius 2 is 1.89 bits per heavy atom. The Morgan fingerprint density at radius 1 is 1.29 bits per heavy atom. The predicted molar refractivity (Wildman–Crippen MR) is 106 cm³/mol. The third kappa shape index (κ3) is 4.93. The maximum Gasteiger partial charge on any atom is 0.246 e. The molecule has 0 unspecified atom stereocenters. The molecule has 1 saturated heterocycles. The minimum absolute atomic E-state index is 0.0608. The molecule has 2 rings (SSSR count). The summed E-state index contributed by atoms with van der Waals surface area (Å²) < 4.78 is 40.3. The van der Waals surface area contributed by atoms with Gasteiger partial charge in [0.2, 0.25) is 5.91 Å². The first-order valence-corrected chi connectivity index (χ1v) is 11.1. The van der Waals surface area contributed by atoms with E-state index in [0.717, 1.165) is 0 Å². The molecule has 1 aliphatic heterocycles. The van der Waals surface area contributed by atoms with E-state index in [-0.39, 0.29) is 17.0 Å². The van der Waals surface area contributed by atoms with E-state index in [4.69, 9.17) is 14.0 Å². The lowest BCUT2D eigenvalue weighted by atomic mass is 9.85. The maximum atomic E-state index is 13.0. The van der Waals surface area contributed by atoms with Crippen molar-refractivity contribution in [1.29, 1.82) is 0 Å². The Balaban J connectivity index is 2.13. The number of hydrogen-bond donors (Lipinski definition) is 1. The van der Waals surface area contributed by atoms with Crippen molar-refractivity contribution in [3.63, 3.8) is 0 Å². The number of amides is 1. The molecule has 160 valence electrons. The van der Waals surface area contributed by atoms with Crippen LogP contribution in [-0.2, 0) is 29.5 Å². The topological polar surface area (TPSA) is 108 Å². The molecule has 1 amide bonds. The SMILES string of the molecule is COCC(C)(C)c1cc(NC(=O)C(C)(C)S(=O)(=O)CC2(C)CCOCC2)no1. The zero-order valence-electron chi connectivity index (χ0n) is 17.6. The highest BCUT2D eigenvalue weighted by atomic mass is 32.2. The first-order chi connectivity index (χ1) is 12.8. The molecule has 1 aromatic rings. The van der Waals surface area contributed by atoms with Crippen LogP contribution in [0.5, 0.6) is 0 Å². The summed E-state index contributed by atoms with van der Waals surface area (Å²) in [6.45, 7) is 10.1. The summed E-state index contributed by atoms with van der Waals surface area (Å²) in [4.78, 5) is 12.8. The molecule has 0 spiro atoms. The zero-order chi connectivity index (χ0) is 21.2. The number of nitrogens with zero attached hydrogens (tertiary/aromatic N) is 1. The van der Waals surface area contributed by atoms with Gasteiger partial charge in [-0.1, -0.05) is 25.9 Å². The standard InChI is InChI=1S/C19H32N2O6S/c1-17(2,12-25-6)14-11-15(21-27-14)20-16(22)18(3,4)28(23,24)13-19(5)7-9-26-10-8-19/h11H,7-10,12-13H2,1-6H3,(H,20,21,22). The van der Waals surface area contributed by atoms with Crippen LogP contribution in [0.4, 0.5) is 5.82 Å². The van der Waals surface area contributed by atoms with Crippen LogP contribution >= 0.6 is 0 Å². The van der Waals surface area contributed by atoms with Gasteiger partial charge in [-0.25, -0.2) is 8.42 Å². The molecule has 0 radical (unpaired) electrons. The molecule has 28 heavy (non-hydrogen) atoms. The van der Waals surface area contributed by atoms with Gasteiger partial charge in [0, 0.05) is 31.8 Å². The second-order valence-electron chi connectivity index (χ2n) is 9.04. The zero-order valence-corrected chi connectivity index (χ0v) is 18.4. The quantitative estimate of drug-likeness (QED) is 0.694. The third-order valence-electron chi connectivity index (χ3n) is 5.49. The highest BCUT2D eigenvalue weighted by Crippen LogP contribution is 2.35. The average Bonchev–Trinajstić information content (AvgIpc) is 3.03. The average molecular weight is 417 g/mol. The van der Waals surface area contributed by atoms with Gasteiger partial charge < -0.3 is 19.3 Å². The minimum atomic E-state index is -3.71.